The number of carbonyl (C=O) groups is 6. The fourth-order valence-corrected chi connectivity index (χ4v) is 9.19. The minimum absolute atomic E-state index is 0.0186. The molecule has 0 radical (unpaired) electrons. The van der Waals surface area contributed by atoms with Crippen molar-refractivity contribution < 1.29 is 76.1 Å². The number of piperazine rings is 1. The molecule has 2 aromatic heterocycles. The van der Waals surface area contributed by atoms with Gasteiger partial charge in [-0.1, -0.05) is 47.9 Å². The van der Waals surface area contributed by atoms with Crippen molar-refractivity contribution in [3.05, 3.63) is 63.9 Å². The predicted molar refractivity (Wildman–Crippen MR) is 344 cm³/mol. The summed E-state index contributed by atoms with van der Waals surface area (Å²) in [4.78, 5) is 94.5. The Hall–Kier alpha value is -6.49. The number of hydrogen-bond donors (Lipinski definition) is 8. The van der Waals surface area contributed by atoms with Gasteiger partial charge < -0.3 is 101 Å². The van der Waals surface area contributed by atoms with Gasteiger partial charge in [-0.2, -0.15) is 0 Å². The Balaban J connectivity index is 0.933. The number of amides is 6. The zero-order chi connectivity index (χ0) is 65.7. The predicted octanol–water partition coefficient (Wildman–Crippen LogP) is 4.53. The molecule has 30 nitrogen and oxygen atoms in total. The fourth-order valence-electron chi connectivity index (χ4n) is 8.01. The largest absolute Gasteiger partial charge is 0.447 e. The lowest BCUT2D eigenvalue weighted by Gasteiger charge is -2.36. The van der Waals surface area contributed by atoms with Crippen LogP contribution in [0.2, 0.25) is 5.02 Å². The van der Waals surface area contributed by atoms with Crippen LogP contribution in [0.1, 0.15) is 60.1 Å². The van der Waals surface area contributed by atoms with Crippen molar-refractivity contribution in [1.29, 1.82) is 0 Å². The summed E-state index contributed by atoms with van der Waals surface area (Å²) in [6.07, 6.45) is 6.60. The molecule has 3 heterocycles. The summed E-state index contributed by atoms with van der Waals surface area (Å²) < 4.78 is 52.9. The molecule has 1 aromatic carbocycles. The summed E-state index contributed by atoms with van der Waals surface area (Å²) in [5.41, 5.74) is 12.5. The third-order valence-corrected chi connectivity index (χ3v) is 14.3. The Bertz CT molecular complexity index is 2600. The maximum Gasteiger partial charge on any atom is 0.407 e. The lowest BCUT2D eigenvalue weighted by atomic mass is 10.1. The van der Waals surface area contributed by atoms with Crippen LogP contribution in [0.4, 0.5) is 41.6 Å². The maximum atomic E-state index is 13.7. The molecule has 91 heavy (non-hydrogen) atoms. The molecule has 0 bridgehead atoms. The first-order chi connectivity index (χ1) is 44.0. The Morgan fingerprint density at radius 1 is 0.659 bits per heavy atom. The highest BCUT2D eigenvalue weighted by Gasteiger charge is 2.25. The van der Waals surface area contributed by atoms with Gasteiger partial charge in [0.05, 0.1) is 102 Å². The summed E-state index contributed by atoms with van der Waals surface area (Å²) in [5.74, 6) is 2.00. The molecule has 510 valence electrons. The number of nitrogens with zero attached hydrogens (tertiary/aromatic N) is 6. The van der Waals surface area contributed by atoms with E-state index in [-0.39, 0.29) is 130 Å². The molecule has 0 spiro atoms. The zero-order valence-electron chi connectivity index (χ0n) is 52.4. The number of hydrogen-bond acceptors (Lipinski definition) is 25. The smallest absolute Gasteiger partial charge is 0.407 e. The number of alkyl halides is 1. The molecule has 33 heteroatoms. The summed E-state index contributed by atoms with van der Waals surface area (Å²) >= 11 is 13.1. The lowest BCUT2D eigenvalue weighted by Crippen LogP contribution is -2.53. The molecule has 0 unspecified atom stereocenters. The average Bonchev–Trinajstić information content (AvgIpc) is 1.99. The van der Waals surface area contributed by atoms with E-state index in [0.717, 1.165) is 31.2 Å². The van der Waals surface area contributed by atoms with E-state index in [9.17, 15) is 28.8 Å². The van der Waals surface area contributed by atoms with E-state index >= 15 is 0 Å². The van der Waals surface area contributed by atoms with Gasteiger partial charge in [0.1, 0.15) is 48.8 Å². The van der Waals surface area contributed by atoms with E-state index in [1.807, 2.05) is 25.1 Å². The summed E-state index contributed by atoms with van der Waals surface area (Å²) in [7, 11) is 0. The third-order valence-electron chi connectivity index (χ3n) is 12.8. The number of nitrogens with two attached hydrogens (primary N) is 2. The minimum atomic E-state index is -1.01. The Labute approximate surface area is 546 Å². The van der Waals surface area contributed by atoms with Crippen LogP contribution in [-0.4, -0.2) is 250 Å². The van der Waals surface area contributed by atoms with Gasteiger partial charge in [0.15, 0.2) is 5.13 Å². The highest BCUT2D eigenvalue weighted by Crippen LogP contribution is 2.29. The van der Waals surface area contributed by atoms with Gasteiger partial charge in [0.2, 0.25) is 5.91 Å². The van der Waals surface area contributed by atoms with Crippen LogP contribution < -0.4 is 48.3 Å². The molecule has 4 rings (SSSR count). The van der Waals surface area contributed by atoms with Gasteiger partial charge in [0.25, 0.3) is 5.91 Å². The van der Waals surface area contributed by atoms with Gasteiger partial charge >= 0.3 is 24.4 Å². The van der Waals surface area contributed by atoms with E-state index in [0.29, 0.717) is 110 Å². The molecular formula is C58H92Cl2N14O16S. The number of nitrogens with one attached hydrogen (secondary N) is 6. The standard InChI is InChI=1S/C58H92Cl2N14O16S/c1-44-11-10-12-46(60)51(44)71-52(76)47-42-67-53(91-47)70-48-41-49(69-45(2)68-48)73-23-21-72(22-24-73)43-50(75)74(19-13-58(3,61)62)20-15-63-54(77)89-39-37-85-35-33-83-28-16-64-55(78)87-26-8-9-27-88-56(79)65-17-29-84-34-36-86-38-40-90-57(80)66-18-30-82-32-31-81-25-7-5-4-6-14-59/h8-12,41-42H,4-7,13-40,43,61-62H2,1-3H3,(H,63,77)(H,64,78)(H,65,79)(H,66,80)(H,71,76)(H,67,68,69,70)/b9-8+. The van der Waals surface area contributed by atoms with E-state index < -0.39 is 30.0 Å². The number of carbonyl (C=O) groups excluding carboxylic acids is 6. The van der Waals surface area contributed by atoms with Gasteiger partial charge in [-0.25, -0.2) is 34.1 Å². The number of rotatable bonds is 47. The van der Waals surface area contributed by atoms with Crippen LogP contribution in [-0.2, 0) is 52.2 Å². The quantitative estimate of drug-likeness (QED) is 0.0127. The van der Waals surface area contributed by atoms with Gasteiger partial charge in [0, 0.05) is 84.0 Å². The number of anilines is 4. The van der Waals surface area contributed by atoms with Crippen molar-refractivity contribution in [2.45, 2.75) is 58.5 Å². The van der Waals surface area contributed by atoms with Gasteiger partial charge in [-0.3, -0.25) is 14.5 Å². The zero-order valence-corrected chi connectivity index (χ0v) is 54.7. The fraction of sp³-hybridized carbons (Fsp3) is 0.638. The second kappa shape index (κ2) is 46.6. The summed E-state index contributed by atoms with van der Waals surface area (Å²) in [6, 6.07) is 7.22. The molecular weight excluding hydrogens is 1250 g/mol. The molecule has 1 aliphatic rings. The normalized spacial score (nSPS) is 12.5. The molecule has 0 aliphatic carbocycles. The summed E-state index contributed by atoms with van der Waals surface area (Å²) in [5, 5.41) is 17.4. The number of thiazole rings is 1. The average molecular weight is 1340 g/mol. The number of para-hydroxylation sites is 1. The first-order valence-corrected chi connectivity index (χ1v) is 32.0. The van der Waals surface area contributed by atoms with Crippen molar-refractivity contribution in [1.82, 2.24) is 46.0 Å². The van der Waals surface area contributed by atoms with Crippen LogP contribution in [0.3, 0.4) is 0 Å². The Kier molecular flexibility index (Phi) is 39.4. The molecule has 10 N–H and O–H groups in total. The van der Waals surface area contributed by atoms with Crippen LogP contribution >= 0.6 is 34.5 Å². The molecule has 6 amide bonds. The highest BCUT2D eigenvalue weighted by atomic mass is 35.5. The molecule has 3 aromatic rings. The topological polar surface area (TPSA) is 367 Å². The minimum Gasteiger partial charge on any atom is -0.447 e. The van der Waals surface area contributed by atoms with Crippen molar-refractivity contribution in [3.63, 3.8) is 0 Å². The second-order valence-electron chi connectivity index (χ2n) is 20.5. The third kappa shape index (κ3) is 36.4. The number of halogens is 2. The van der Waals surface area contributed by atoms with Gasteiger partial charge in [-0.15, -0.1) is 11.6 Å². The van der Waals surface area contributed by atoms with Crippen LogP contribution in [0.5, 0.6) is 0 Å². The molecule has 0 saturated carbocycles. The van der Waals surface area contributed by atoms with Crippen molar-refractivity contribution >= 4 is 93.2 Å². The first-order valence-electron chi connectivity index (χ1n) is 30.3. The van der Waals surface area contributed by atoms with E-state index in [1.165, 1.54) is 29.7 Å². The van der Waals surface area contributed by atoms with Crippen molar-refractivity contribution in [3.8, 4) is 0 Å². The number of ether oxygens (including phenoxy) is 10. The maximum absolute atomic E-state index is 13.7. The number of benzene rings is 1. The van der Waals surface area contributed by atoms with E-state index in [1.54, 1.807) is 24.8 Å². The monoisotopic (exact) mass is 1340 g/mol. The Morgan fingerprint density at radius 3 is 1.75 bits per heavy atom. The van der Waals surface area contributed by atoms with E-state index in [2.05, 4.69) is 56.7 Å². The number of alkyl carbamates (subject to hydrolysis) is 4. The summed E-state index contributed by atoms with van der Waals surface area (Å²) in [6.45, 7) is 12.9. The van der Waals surface area contributed by atoms with Gasteiger partial charge in [-0.05, 0) is 63.8 Å². The molecule has 0 atom stereocenters. The molecule has 1 saturated heterocycles. The lowest BCUT2D eigenvalue weighted by molar-refractivity contribution is -0.132. The van der Waals surface area contributed by atoms with Crippen molar-refractivity contribution in [2.24, 2.45) is 11.5 Å². The molecule has 1 fully saturated rings. The van der Waals surface area contributed by atoms with Crippen LogP contribution in [0.25, 0.3) is 0 Å². The van der Waals surface area contributed by atoms with Crippen molar-refractivity contribution in [2.75, 3.05) is 199 Å². The first kappa shape index (κ1) is 77.0. The highest BCUT2D eigenvalue weighted by molar-refractivity contribution is 7.17. The van der Waals surface area contributed by atoms with E-state index in [4.69, 9.17) is 82.0 Å². The van der Waals surface area contributed by atoms with Crippen LogP contribution in [0.15, 0.2) is 42.6 Å². The number of unbranched alkanes of at least 4 members (excludes halogenated alkanes) is 3. The number of aromatic nitrogens is 3. The second-order valence-corrected chi connectivity index (χ2v) is 22.3. The number of aryl methyl sites for hydroxylation is 2. The van der Waals surface area contributed by atoms with Crippen LogP contribution in [0, 0.1) is 13.8 Å². The molecule has 1 aliphatic heterocycles. The SMILES string of the molecule is Cc1nc(Nc2ncc(C(=O)Nc3c(C)cccc3Cl)s2)cc(N2CCN(CC(=O)N(CCNC(=O)OCCOCCOCCNC(=O)OC/C=C/COC(=O)NCCOCCOCCOC(=O)NCCOCCOCCCCCCCl)CCC(C)(N)N)CC2)n1. The Morgan fingerprint density at radius 2 is 1.19 bits per heavy atom.